The Morgan fingerprint density at radius 2 is 2.11 bits per heavy atom. The van der Waals surface area contributed by atoms with Gasteiger partial charge in [-0.15, -0.1) is 11.3 Å². The summed E-state index contributed by atoms with van der Waals surface area (Å²) < 4.78 is 8.80. The molecule has 28 heavy (non-hydrogen) atoms. The number of nitrogens with zero attached hydrogens (tertiary/aromatic N) is 3. The number of aryl methyl sites for hydroxylation is 1. The summed E-state index contributed by atoms with van der Waals surface area (Å²) >= 11 is 1.50. The fraction of sp³-hybridized carbons (Fsp3) is 0.684. The van der Waals surface area contributed by atoms with Gasteiger partial charge in [0.05, 0.1) is 18.0 Å². The average Bonchev–Trinajstić information content (AvgIpc) is 3.03. The van der Waals surface area contributed by atoms with Crippen LogP contribution < -0.4 is 16.6 Å². The van der Waals surface area contributed by atoms with E-state index in [1.54, 1.807) is 4.57 Å². The van der Waals surface area contributed by atoms with Crippen molar-refractivity contribution in [2.24, 2.45) is 5.92 Å². The molecule has 2 aromatic heterocycles. The molecule has 4 heterocycles. The van der Waals surface area contributed by atoms with E-state index in [2.05, 4.69) is 12.2 Å². The lowest BCUT2D eigenvalue weighted by molar-refractivity contribution is -0.0593. The summed E-state index contributed by atoms with van der Waals surface area (Å²) in [5, 5.41) is 13.7. The lowest BCUT2D eigenvalue weighted by atomic mass is 10.1. The zero-order chi connectivity index (χ0) is 19.6. The van der Waals surface area contributed by atoms with Crippen LogP contribution in [0.4, 0.5) is 0 Å². The van der Waals surface area contributed by atoms with E-state index in [-0.39, 0.29) is 23.4 Å². The molecule has 0 amide bonds. The van der Waals surface area contributed by atoms with Gasteiger partial charge >= 0.3 is 5.69 Å². The van der Waals surface area contributed by atoms with Gasteiger partial charge < -0.3 is 9.84 Å². The Kier molecular flexibility index (Phi) is 4.48. The third-order valence-corrected chi connectivity index (χ3v) is 7.64. The smallest absolute Gasteiger partial charge is 0.332 e. The Bertz CT molecular complexity index is 1040. The summed E-state index contributed by atoms with van der Waals surface area (Å²) in [6.45, 7) is 7.31. The molecule has 2 saturated heterocycles. The molecule has 2 unspecified atom stereocenters. The zero-order valence-corrected chi connectivity index (χ0v) is 17.0. The largest absolute Gasteiger partial charge is 0.376 e. The molecule has 9 heteroatoms. The number of ether oxygens (including phenoxy) is 1. The second kappa shape index (κ2) is 6.77. The van der Waals surface area contributed by atoms with E-state index in [1.165, 1.54) is 15.9 Å². The number of fused-ring (bicyclic) bond motifs is 1. The van der Waals surface area contributed by atoms with E-state index in [1.807, 2.05) is 11.8 Å². The maximum absolute atomic E-state index is 13.3. The number of aliphatic hydroxyl groups excluding tert-OH is 1. The van der Waals surface area contributed by atoms with Crippen molar-refractivity contribution < 1.29 is 9.84 Å². The molecule has 3 fully saturated rings. The van der Waals surface area contributed by atoms with Gasteiger partial charge in [-0.2, -0.15) is 0 Å². The maximum Gasteiger partial charge on any atom is 0.332 e. The van der Waals surface area contributed by atoms with Gasteiger partial charge in [-0.05, 0) is 31.2 Å². The lowest BCUT2D eigenvalue weighted by Gasteiger charge is -2.27. The predicted octanol–water partition coefficient (Wildman–Crippen LogP) is 0.584. The number of thiophene rings is 1. The molecule has 5 rings (SSSR count). The first-order chi connectivity index (χ1) is 13.5. The second-order valence-corrected chi connectivity index (χ2v) is 9.34. The molecule has 0 spiro atoms. The average molecular weight is 407 g/mol. The first kappa shape index (κ1) is 18.5. The normalized spacial score (nSPS) is 30.1. The first-order valence-electron chi connectivity index (χ1n) is 10.00. The number of hydrogen-bond acceptors (Lipinski definition) is 7. The van der Waals surface area contributed by atoms with Crippen LogP contribution in [0.5, 0.6) is 0 Å². The second-order valence-electron chi connectivity index (χ2n) is 8.26. The van der Waals surface area contributed by atoms with Crippen molar-refractivity contribution in [3.8, 4) is 0 Å². The zero-order valence-electron chi connectivity index (χ0n) is 16.2. The van der Waals surface area contributed by atoms with Gasteiger partial charge in [0, 0.05) is 37.2 Å². The Morgan fingerprint density at radius 3 is 2.68 bits per heavy atom. The van der Waals surface area contributed by atoms with Crippen LogP contribution in [-0.4, -0.2) is 51.3 Å². The molecular weight excluding hydrogens is 380 g/mol. The third-order valence-electron chi connectivity index (χ3n) is 6.34. The highest BCUT2D eigenvalue weighted by molar-refractivity contribution is 7.18. The van der Waals surface area contributed by atoms with Crippen LogP contribution in [0.3, 0.4) is 0 Å². The van der Waals surface area contributed by atoms with Crippen molar-refractivity contribution in [1.82, 2.24) is 19.4 Å². The Balaban J connectivity index is 1.65. The molecule has 0 bridgehead atoms. The van der Waals surface area contributed by atoms with E-state index in [0.29, 0.717) is 24.4 Å². The fourth-order valence-electron chi connectivity index (χ4n) is 4.25. The van der Waals surface area contributed by atoms with Crippen molar-refractivity contribution in [3.63, 3.8) is 0 Å². The van der Waals surface area contributed by atoms with Gasteiger partial charge in [0.15, 0.2) is 6.35 Å². The Morgan fingerprint density at radius 1 is 1.36 bits per heavy atom. The fourth-order valence-corrected chi connectivity index (χ4v) is 5.57. The molecular formula is C19H26N4O4S. The van der Waals surface area contributed by atoms with Crippen molar-refractivity contribution in [2.45, 2.75) is 58.3 Å². The quantitative estimate of drug-likeness (QED) is 0.755. The predicted molar refractivity (Wildman–Crippen MR) is 107 cm³/mol. The van der Waals surface area contributed by atoms with E-state index < -0.39 is 6.35 Å². The summed E-state index contributed by atoms with van der Waals surface area (Å²) in [4.78, 5) is 30.2. The summed E-state index contributed by atoms with van der Waals surface area (Å²) in [6.07, 6.45) is 1.19. The number of aromatic nitrogens is 2. The van der Waals surface area contributed by atoms with Gasteiger partial charge in [-0.25, -0.2) is 4.79 Å². The number of hydrogen-bond donors (Lipinski definition) is 2. The summed E-state index contributed by atoms with van der Waals surface area (Å²) in [7, 11) is 0. The number of nitrogens with one attached hydrogen (secondary N) is 1. The van der Waals surface area contributed by atoms with Gasteiger partial charge in [0.1, 0.15) is 4.83 Å². The molecule has 2 aromatic rings. The molecule has 2 N–H and O–H groups in total. The molecule has 3 aliphatic rings. The molecule has 8 nitrogen and oxygen atoms in total. The minimum atomic E-state index is -0.667. The number of rotatable bonds is 5. The molecule has 0 aromatic carbocycles. The monoisotopic (exact) mass is 406 g/mol. The van der Waals surface area contributed by atoms with Crippen LogP contribution >= 0.6 is 11.3 Å². The topological polar surface area (TPSA) is 88.7 Å². The van der Waals surface area contributed by atoms with Gasteiger partial charge in [0.2, 0.25) is 0 Å². The van der Waals surface area contributed by atoms with E-state index in [4.69, 9.17) is 4.74 Å². The molecule has 4 atom stereocenters. The molecule has 0 radical (unpaired) electrons. The number of aliphatic hydroxyl groups is 1. The molecule has 2 aliphatic heterocycles. The van der Waals surface area contributed by atoms with Gasteiger partial charge in [0.25, 0.3) is 5.56 Å². The summed E-state index contributed by atoms with van der Waals surface area (Å²) in [6, 6.07) is 0.00492. The van der Waals surface area contributed by atoms with Crippen molar-refractivity contribution in [3.05, 3.63) is 31.3 Å². The van der Waals surface area contributed by atoms with Crippen LogP contribution in [0.1, 0.15) is 36.2 Å². The Hall–Kier alpha value is -1.52. The van der Waals surface area contributed by atoms with Crippen molar-refractivity contribution in [1.29, 1.82) is 0 Å². The first-order valence-corrected chi connectivity index (χ1v) is 10.8. The SMILES string of the molecule is Cc1c(CN2CCNC2O)sc2c1c(=O)n([C@H]1C[C@@H]1C)c(=O)n2CC1CCO1. The highest BCUT2D eigenvalue weighted by atomic mass is 32.1. The highest BCUT2D eigenvalue weighted by Gasteiger charge is 2.38. The van der Waals surface area contributed by atoms with Gasteiger partial charge in [-0.1, -0.05) is 6.92 Å². The molecule has 1 aliphatic carbocycles. The maximum atomic E-state index is 13.3. The molecule has 1 saturated carbocycles. The van der Waals surface area contributed by atoms with Crippen LogP contribution in [-0.2, 0) is 17.8 Å². The van der Waals surface area contributed by atoms with E-state index in [9.17, 15) is 14.7 Å². The summed E-state index contributed by atoms with van der Waals surface area (Å²) in [5.74, 6) is 0.362. The van der Waals surface area contributed by atoms with Gasteiger partial charge in [-0.3, -0.25) is 24.1 Å². The van der Waals surface area contributed by atoms with E-state index >= 15 is 0 Å². The third kappa shape index (κ3) is 2.88. The lowest BCUT2D eigenvalue weighted by Crippen LogP contribution is -2.43. The standard InChI is InChI=1S/C19H26N4O4S/c1-10-7-13(10)23-16(24)15-11(2)14(9-21-5-4-20-18(21)25)28-17(15)22(19(23)26)8-12-3-6-27-12/h10,12-13,18,20,25H,3-9H2,1-2H3/t10-,12?,13-,18?/m0/s1. The van der Waals surface area contributed by atoms with Crippen LogP contribution in [0.2, 0.25) is 0 Å². The van der Waals surface area contributed by atoms with Crippen LogP contribution in [0.25, 0.3) is 10.2 Å². The highest BCUT2D eigenvalue weighted by Crippen LogP contribution is 2.41. The molecule has 152 valence electrons. The minimum Gasteiger partial charge on any atom is -0.376 e. The van der Waals surface area contributed by atoms with Crippen molar-refractivity contribution in [2.75, 3.05) is 19.7 Å². The van der Waals surface area contributed by atoms with Crippen LogP contribution in [0.15, 0.2) is 9.59 Å². The Labute approximate surface area is 166 Å². The summed E-state index contributed by atoms with van der Waals surface area (Å²) in [5.41, 5.74) is 0.549. The van der Waals surface area contributed by atoms with E-state index in [0.717, 1.165) is 47.8 Å². The van der Waals surface area contributed by atoms with Crippen LogP contribution in [0, 0.1) is 12.8 Å². The minimum absolute atomic E-state index is 0.00492. The van der Waals surface area contributed by atoms with Crippen molar-refractivity contribution >= 4 is 21.6 Å².